The fourth-order valence-electron chi connectivity index (χ4n) is 3.49. The molecule has 1 amide bonds. The molecule has 0 bridgehead atoms. The summed E-state index contributed by atoms with van der Waals surface area (Å²) in [5.41, 5.74) is 3.42. The van der Waals surface area contributed by atoms with Crippen molar-refractivity contribution in [1.29, 1.82) is 5.41 Å². The highest BCUT2D eigenvalue weighted by Crippen LogP contribution is 2.31. The van der Waals surface area contributed by atoms with Crippen LogP contribution in [0.1, 0.15) is 65.1 Å². The van der Waals surface area contributed by atoms with E-state index in [4.69, 9.17) is 10.1 Å². The van der Waals surface area contributed by atoms with Crippen LogP contribution in [-0.4, -0.2) is 42.6 Å². The highest BCUT2D eigenvalue weighted by molar-refractivity contribution is 6.07. The predicted molar refractivity (Wildman–Crippen MR) is 117 cm³/mol. The molecular weight excluding hydrogens is 378 g/mol. The number of amidine groups is 1. The number of hydrogen-bond acceptors (Lipinski definition) is 4. The number of hydrogen-bond donors (Lipinski definition) is 2. The molecule has 0 aliphatic carbocycles. The van der Waals surface area contributed by atoms with E-state index in [1.807, 2.05) is 13.0 Å². The topological polar surface area (TPSA) is 82.5 Å². The Morgan fingerprint density at radius 3 is 2.63 bits per heavy atom. The minimum absolute atomic E-state index is 0.0522. The van der Waals surface area contributed by atoms with Crippen molar-refractivity contribution in [3.05, 3.63) is 64.2 Å². The number of nitrogens with zero attached hydrogens (tertiary/aromatic N) is 1. The number of benzene rings is 2. The zero-order valence-corrected chi connectivity index (χ0v) is 18.2. The molecule has 2 aromatic rings. The van der Waals surface area contributed by atoms with Crippen molar-refractivity contribution in [3.63, 3.8) is 0 Å². The van der Waals surface area contributed by atoms with Crippen LogP contribution in [0.4, 0.5) is 0 Å². The van der Waals surface area contributed by atoms with E-state index in [9.17, 15) is 9.59 Å². The molecule has 30 heavy (non-hydrogen) atoms. The minimum atomic E-state index is -0.265. The molecule has 0 unspecified atom stereocenters. The Kier molecular flexibility index (Phi) is 5.97. The van der Waals surface area contributed by atoms with Gasteiger partial charge in [0.2, 0.25) is 0 Å². The molecule has 0 saturated heterocycles. The zero-order valence-electron chi connectivity index (χ0n) is 18.2. The highest BCUT2D eigenvalue weighted by atomic mass is 16.5. The Morgan fingerprint density at radius 2 is 2.00 bits per heavy atom. The Balaban J connectivity index is 1.84. The van der Waals surface area contributed by atoms with Gasteiger partial charge in [-0.1, -0.05) is 32.9 Å². The number of carbonyl (C=O) groups excluding carboxylic acids is 2. The Morgan fingerprint density at radius 1 is 1.27 bits per heavy atom. The third kappa shape index (κ3) is 4.22. The number of fused-ring (bicyclic) bond motifs is 1. The lowest BCUT2D eigenvalue weighted by atomic mass is 9.86. The van der Waals surface area contributed by atoms with E-state index < -0.39 is 0 Å². The van der Waals surface area contributed by atoms with E-state index in [1.165, 1.54) is 0 Å². The van der Waals surface area contributed by atoms with Crippen molar-refractivity contribution >= 4 is 17.5 Å². The smallest absolute Gasteiger partial charge is 0.254 e. The van der Waals surface area contributed by atoms with E-state index >= 15 is 0 Å². The lowest BCUT2D eigenvalue weighted by Gasteiger charge is -2.20. The quantitative estimate of drug-likeness (QED) is 0.719. The molecule has 0 saturated carbocycles. The van der Waals surface area contributed by atoms with Gasteiger partial charge in [0.15, 0.2) is 5.78 Å². The molecule has 2 N–H and O–H groups in total. The van der Waals surface area contributed by atoms with Crippen LogP contribution in [0.3, 0.4) is 0 Å². The number of amides is 1. The average molecular weight is 407 g/mol. The molecule has 0 atom stereocenters. The number of carbonyl (C=O) groups is 2. The summed E-state index contributed by atoms with van der Waals surface area (Å²) in [6.07, 6.45) is 0. The lowest BCUT2D eigenvalue weighted by Crippen LogP contribution is -2.30. The van der Waals surface area contributed by atoms with Gasteiger partial charge in [0.1, 0.15) is 11.6 Å². The standard InChI is InChI=1S/C24H28N3O3/c1-6-30-21-11-16-13-27(22(25)18(16)12-19(21)23(29)26-5)14-20(28)15-8-7-9-17(10-15)24(2,3)4/h7-8,10-12,25H,6,13-14H2,1-5H3,(H,26,29). The first-order chi connectivity index (χ1) is 14.2. The van der Waals surface area contributed by atoms with Crippen LogP contribution in [0.2, 0.25) is 0 Å². The Hall–Kier alpha value is -3.15. The number of Topliss-reactive ketones (excluding diaryl/α,β-unsaturated/α-hetero) is 1. The van der Waals surface area contributed by atoms with E-state index in [1.54, 1.807) is 36.2 Å². The maximum absolute atomic E-state index is 12.9. The van der Waals surface area contributed by atoms with Gasteiger partial charge in [0.25, 0.3) is 5.91 Å². The molecular formula is C24H28N3O3. The SMILES string of the molecule is CCOc1cc2c(cc1C(=O)NC)C(=N)N(CC(=O)c1cc[c]c(C(C)(C)C)c1)C2. The van der Waals surface area contributed by atoms with Crippen LogP contribution >= 0.6 is 0 Å². The summed E-state index contributed by atoms with van der Waals surface area (Å²) in [6, 6.07) is 12.1. The van der Waals surface area contributed by atoms with Gasteiger partial charge in [-0.2, -0.15) is 0 Å². The van der Waals surface area contributed by atoms with Crippen LogP contribution in [-0.2, 0) is 12.0 Å². The number of nitrogens with one attached hydrogen (secondary N) is 2. The molecule has 1 heterocycles. The van der Waals surface area contributed by atoms with Crippen LogP contribution in [0.25, 0.3) is 0 Å². The Bertz CT molecular complexity index is 1010. The van der Waals surface area contributed by atoms with Crippen molar-refractivity contribution in [1.82, 2.24) is 10.2 Å². The summed E-state index contributed by atoms with van der Waals surface area (Å²) in [7, 11) is 1.56. The second-order valence-electron chi connectivity index (χ2n) is 8.39. The van der Waals surface area contributed by atoms with E-state index in [0.29, 0.717) is 35.6 Å². The fraction of sp³-hybridized carbons (Fsp3) is 0.375. The first-order valence-electron chi connectivity index (χ1n) is 10.1. The summed E-state index contributed by atoms with van der Waals surface area (Å²) in [5.74, 6) is 0.414. The van der Waals surface area contributed by atoms with Gasteiger partial charge in [-0.25, -0.2) is 0 Å². The molecule has 6 nitrogen and oxygen atoms in total. The molecule has 0 fully saturated rings. The van der Waals surface area contributed by atoms with Crippen molar-refractivity contribution in [2.45, 2.75) is 39.7 Å². The second kappa shape index (κ2) is 8.30. The molecule has 1 aliphatic rings. The molecule has 157 valence electrons. The molecule has 0 aromatic heterocycles. The van der Waals surface area contributed by atoms with Gasteiger partial charge >= 0.3 is 0 Å². The fourth-order valence-corrected chi connectivity index (χ4v) is 3.49. The lowest BCUT2D eigenvalue weighted by molar-refractivity contribution is 0.0953. The van der Waals surface area contributed by atoms with Crippen LogP contribution < -0.4 is 10.1 Å². The van der Waals surface area contributed by atoms with Gasteiger partial charge in [0.05, 0.1) is 18.7 Å². The van der Waals surface area contributed by atoms with Crippen molar-refractivity contribution < 1.29 is 14.3 Å². The van der Waals surface area contributed by atoms with Gasteiger partial charge < -0.3 is 15.0 Å². The zero-order chi connectivity index (χ0) is 22.1. The number of rotatable bonds is 6. The monoisotopic (exact) mass is 406 g/mol. The summed E-state index contributed by atoms with van der Waals surface area (Å²) in [5, 5.41) is 11.2. The van der Waals surface area contributed by atoms with Gasteiger partial charge in [-0.05, 0) is 47.7 Å². The summed E-state index contributed by atoms with van der Waals surface area (Å²) in [4.78, 5) is 26.9. The van der Waals surface area contributed by atoms with Crippen LogP contribution in [0, 0.1) is 11.5 Å². The molecule has 1 aliphatic heterocycles. The normalized spacial score (nSPS) is 13.2. The highest BCUT2D eigenvalue weighted by Gasteiger charge is 2.29. The minimum Gasteiger partial charge on any atom is -0.493 e. The van der Waals surface area contributed by atoms with Crippen molar-refractivity contribution in [2.24, 2.45) is 0 Å². The number of ether oxygens (including phenoxy) is 1. The maximum Gasteiger partial charge on any atom is 0.254 e. The molecule has 6 heteroatoms. The molecule has 2 aromatic carbocycles. The second-order valence-corrected chi connectivity index (χ2v) is 8.39. The van der Waals surface area contributed by atoms with Crippen molar-refractivity contribution in [3.8, 4) is 5.75 Å². The van der Waals surface area contributed by atoms with Crippen LogP contribution in [0.5, 0.6) is 5.75 Å². The predicted octanol–water partition coefficient (Wildman–Crippen LogP) is 3.57. The number of ketones is 1. The summed E-state index contributed by atoms with van der Waals surface area (Å²) < 4.78 is 5.63. The molecule has 1 radical (unpaired) electrons. The van der Waals surface area contributed by atoms with E-state index in [2.05, 4.69) is 32.2 Å². The van der Waals surface area contributed by atoms with Gasteiger partial charge in [-0.3, -0.25) is 15.0 Å². The van der Waals surface area contributed by atoms with E-state index in [-0.39, 0.29) is 29.5 Å². The summed E-state index contributed by atoms with van der Waals surface area (Å²) in [6.45, 7) is 9.07. The van der Waals surface area contributed by atoms with Crippen molar-refractivity contribution in [2.75, 3.05) is 20.2 Å². The van der Waals surface area contributed by atoms with Gasteiger partial charge in [-0.15, -0.1) is 0 Å². The van der Waals surface area contributed by atoms with Crippen LogP contribution in [0.15, 0.2) is 30.3 Å². The first kappa shape index (κ1) is 21.6. The summed E-state index contributed by atoms with van der Waals surface area (Å²) >= 11 is 0. The van der Waals surface area contributed by atoms with Gasteiger partial charge in [0, 0.05) is 24.7 Å². The third-order valence-electron chi connectivity index (χ3n) is 5.18. The maximum atomic E-state index is 12.9. The average Bonchev–Trinajstić information content (AvgIpc) is 3.01. The first-order valence-corrected chi connectivity index (χ1v) is 10.1. The third-order valence-corrected chi connectivity index (χ3v) is 5.18. The molecule has 3 rings (SSSR count). The Labute approximate surface area is 177 Å². The molecule has 0 spiro atoms. The largest absolute Gasteiger partial charge is 0.493 e. The van der Waals surface area contributed by atoms with E-state index in [0.717, 1.165) is 11.1 Å².